The van der Waals surface area contributed by atoms with Crippen molar-refractivity contribution >= 4 is 11.8 Å². The zero-order chi connectivity index (χ0) is 14.8. The molecule has 0 bridgehead atoms. The fourth-order valence-electron chi connectivity index (χ4n) is 1.83. The molecule has 1 aromatic rings. The first kappa shape index (κ1) is 17.0. The van der Waals surface area contributed by atoms with Crippen LogP contribution in [0, 0.1) is 11.3 Å². The third-order valence-corrected chi connectivity index (χ3v) is 4.23. The Morgan fingerprint density at radius 2 is 2.10 bits per heavy atom. The Kier molecular flexibility index (Phi) is 7.63. The largest absolute Gasteiger partial charge is 0.394 e. The molecular formula is C15H22N2O2S. The van der Waals surface area contributed by atoms with E-state index in [0.717, 1.165) is 18.5 Å². The van der Waals surface area contributed by atoms with Gasteiger partial charge in [0.25, 0.3) is 0 Å². The zero-order valence-electron chi connectivity index (χ0n) is 11.7. The SMILES string of the molecule is CCCNC(C#N)(CSCC(O)CO)c1ccccc1. The van der Waals surface area contributed by atoms with Crippen LogP contribution in [0.1, 0.15) is 18.9 Å². The van der Waals surface area contributed by atoms with E-state index in [1.54, 1.807) is 0 Å². The number of nitrogens with zero attached hydrogens (tertiary/aromatic N) is 1. The van der Waals surface area contributed by atoms with E-state index in [2.05, 4.69) is 18.3 Å². The van der Waals surface area contributed by atoms with Gasteiger partial charge in [0.2, 0.25) is 0 Å². The minimum Gasteiger partial charge on any atom is -0.394 e. The number of aliphatic hydroxyl groups is 2. The second-order valence-corrected chi connectivity index (χ2v) is 5.69. The fraction of sp³-hybridized carbons (Fsp3) is 0.533. The van der Waals surface area contributed by atoms with Gasteiger partial charge in [-0.2, -0.15) is 17.0 Å². The quantitative estimate of drug-likeness (QED) is 0.643. The lowest BCUT2D eigenvalue weighted by molar-refractivity contribution is 0.113. The third kappa shape index (κ3) is 4.80. The van der Waals surface area contributed by atoms with Crippen LogP contribution in [-0.4, -0.2) is 41.0 Å². The second-order valence-electron chi connectivity index (χ2n) is 4.66. The molecule has 0 aliphatic carbocycles. The van der Waals surface area contributed by atoms with Gasteiger partial charge >= 0.3 is 0 Å². The maximum Gasteiger partial charge on any atom is 0.141 e. The van der Waals surface area contributed by atoms with E-state index in [1.807, 2.05) is 30.3 Å². The first-order valence-corrected chi connectivity index (χ1v) is 7.92. The number of benzene rings is 1. The highest BCUT2D eigenvalue weighted by Gasteiger charge is 2.31. The molecule has 0 amide bonds. The average Bonchev–Trinajstić information content (AvgIpc) is 2.51. The van der Waals surface area contributed by atoms with Crippen molar-refractivity contribution in [2.24, 2.45) is 0 Å². The van der Waals surface area contributed by atoms with E-state index in [9.17, 15) is 10.4 Å². The molecule has 1 aromatic carbocycles. The predicted octanol–water partition coefficient (Wildman–Crippen LogP) is 1.49. The molecule has 4 nitrogen and oxygen atoms in total. The van der Waals surface area contributed by atoms with Gasteiger partial charge in [0, 0.05) is 11.5 Å². The van der Waals surface area contributed by atoms with Crippen molar-refractivity contribution in [3.8, 4) is 6.07 Å². The van der Waals surface area contributed by atoms with Crippen molar-refractivity contribution in [2.45, 2.75) is 25.0 Å². The highest BCUT2D eigenvalue weighted by atomic mass is 32.2. The van der Waals surface area contributed by atoms with Crippen LogP contribution in [0.5, 0.6) is 0 Å². The number of aliphatic hydroxyl groups excluding tert-OH is 2. The number of nitrogens with one attached hydrogen (secondary N) is 1. The molecule has 0 aliphatic rings. The van der Waals surface area contributed by atoms with Gasteiger partial charge in [-0.05, 0) is 18.5 Å². The molecule has 0 aromatic heterocycles. The Balaban J connectivity index is 2.81. The summed E-state index contributed by atoms with van der Waals surface area (Å²) in [4.78, 5) is 0. The maximum atomic E-state index is 9.64. The molecule has 2 unspecified atom stereocenters. The minimum atomic E-state index is -0.753. The van der Waals surface area contributed by atoms with Gasteiger partial charge in [-0.1, -0.05) is 37.3 Å². The molecule has 0 spiro atoms. The van der Waals surface area contributed by atoms with Crippen LogP contribution in [0.3, 0.4) is 0 Å². The highest BCUT2D eigenvalue weighted by molar-refractivity contribution is 7.99. The summed E-state index contributed by atoms with van der Waals surface area (Å²) in [5, 5.41) is 31.2. The fourth-order valence-corrected chi connectivity index (χ4v) is 2.97. The molecule has 1 rings (SSSR count). The van der Waals surface area contributed by atoms with E-state index in [1.165, 1.54) is 11.8 Å². The van der Waals surface area contributed by atoms with E-state index in [4.69, 9.17) is 5.11 Å². The van der Waals surface area contributed by atoms with Crippen LogP contribution in [0.4, 0.5) is 0 Å². The lowest BCUT2D eigenvalue weighted by Crippen LogP contribution is -2.44. The first-order chi connectivity index (χ1) is 9.68. The molecular weight excluding hydrogens is 272 g/mol. The number of nitriles is 1. The number of thioether (sulfide) groups is 1. The Morgan fingerprint density at radius 3 is 2.65 bits per heavy atom. The van der Waals surface area contributed by atoms with Crippen LogP contribution in [-0.2, 0) is 5.54 Å². The molecule has 0 saturated heterocycles. The summed E-state index contributed by atoms with van der Waals surface area (Å²) < 4.78 is 0. The normalized spacial score (nSPS) is 15.3. The standard InChI is InChI=1S/C15H22N2O2S/c1-2-8-17-15(11-16,12-20-10-14(19)9-18)13-6-4-3-5-7-13/h3-7,14,17-19H,2,8-10,12H2,1H3. The van der Waals surface area contributed by atoms with E-state index in [-0.39, 0.29) is 6.61 Å². The molecule has 0 aliphatic heterocycles. The Morgan fingerprint density at radius 1 is 1.40 bits per heavy atom. The number of rotatable bonds is 9. The molecule has 0 radical (unpaired) electrons. The summed E-state index contributed by atoms with van der Waals surface area (Å²) in [5.74, 6) is 0.950. The Labute approximate surface area is 124 Å². The molecule has 0 heterocycles. The van der Waals surface area contributed by atoms with Crippen molar-refractivity contribution < 1.29 is 10.2 Å². The topological polar surface area (TPSA) is 76.3 Å². The predicted molar refractivity (Wildman–Crippen MR) is 82.4 cm³/mol. The molecule has 0 saturated carbocycles. The van der Waals surface area contributed by atoms with E-state index >= 15 is 0 Å². The van der Waals surface area contributed by atoms with Gasteiger partial charge in [0.15, 0.2) is 0 Å². The molecule has 2 atom stereocenters. The van der Waals surface area contributed by atoms with Gasteiger partial charge < -0.3 is 10.2 Å². The average molecular weight is 294 g/mol. The van der Waals surface area contributed by atoms with Crippen LogP contribution in [0.25, 0.3) is 0 Å². The number of hydrogen-bond acceptors (Lipinski definition) is 5. The summed E-state index contributed by atoms with van der Waals surface area (Å²) in [7, 11) is 0. The van der Waals surface area contributed by atoms with Gasteiger partial charge in [-0.25, -0.2) is 0 Å². The van der Waals surface area contributed by atoms with Crippen LogP contribution >= 0.6 is 11.8 Å². The van der Waals surface area contributed by atoms with E-state index in [0.29, 0.717) is 11.5 Å². The van der Waals surface area contributed by atoms with Gasteiger partial charge in [-0.15, -0.1) is 0 Å². The summed E-state index contributed by atoms with van der Waals surface area (Å²) in [6, 6.07) is 12.0. The lowest BCUT2D eigenvalue weighted by atomic mass is 9.93. The zero-order valence-corrected chi connectivity index (χ0v) is 12.6. The summed E-state index contributed by atoms with van der Waals surface area (Å²) in [6.45, 7) is 2.56. The van der Waals surface area contributed by atoms with Gasteiger partial charge in [-0.3, -0.25) is 5.32 Å². The van der Waals surface area contributed by atoms with Gasteiger partial charge in [0.05, 0.1) is 18.8 Å². The lowest BCUT2D eigenvalue weighted by Gasteiger charge is -2.28. The van der Waals surface area contributed by atoms with E-state index < -0.39 is 11.6 Å². The Hall–Kier alpha value is -1.06. The number of hydrogen-bond donors (Lipinski definition) is 3. The second kappa shape index (κ2) is 8.98. The molecule has 5 heteroatoms. The molecule has 0 fully saturated rings. The van der Waals surface area contributed by atoms with Crippen molar-refractivity contribution in [2.75, 3.05) is 24.7 Å². The van der Waals surface area contributed by atoms with Crippen molar-refractivity contribution in [1.29, 1.82) is 5.26 Å². The summed E-state index contributed by atoms with van der Waals surface area (Å²) in [5.41, 5.74) is 0.179. The highest BCUT2D eigenvalue weighted by Crippen LogP contribution is 2.25. The monoisotopic (exact) mass is 294 g/mol. The Bertz CT molecular complexity index is 422. The summed E-state index contributed by atoms with van der Waals surface area (Å²) >= 11 is 1.47. The third-order valence-electron chi connectivity index (χ3n) is 2.97. The van der Waals surface area contributed by atoms with Crippen molar-refractivity contribution in [1.82, 2.24) is 5.32 Å². The molecule has 110 valence electrons. The van der Waals surface area contributed by atoms with Crippen molar-refractivity contribution in [3.63, 3.8) is 0 Å². The first-order valence-electron chi connectivity index (χ1n) is 6.77. The van der Waals surface area contributed by atoms with Crippen LogP contribution in [0.15, 0.2) is 30.3 Å². The van der Waals surface area contributed by atoms with Gasteiger partial charge in [0.1, 0.15) is 5.54 Å². The van der Waals surface area contributed by atoms with Crippen molar-refractivity contribution in [3.05, 3.63) is 35.9 Å². The molecule has 20 heavy (non-hydrogen) atoms. The summed E-state index contributed by atoms with van der Waals surface area (Å²) in [6.07, 6.45) is 0.207. The maximum absolute atomic E-state index is 9.64. The van der Waals surface area contributed by atoms with Crippen LogP contribution in [0.2, 0.25) is 0 Å². The molecule has 3 N–H and O–H groups in total. The van der Waals surface area contributed by atoms with Crippen LogP contribution < -0.4 is 5.32 Å². The smallest absolute Gasteiger partial charge is 0.141 e. The minimum absolute atomic E-state index is 0.250.